The molecule has 2 amide bonds. The van der Waals surface area contributed by atoms with Gasteiger partial charge in [0.15, 0.2) is 12.4 Å². The highest BCUT2D eigenvalue weighted by Gasteiger charge is 2.50. The number of nitrogens with zero attached hydrogens (tertiary/aromatic N) is 1. The second-order valence-corrected chi connectivity index (χ2v) is 8.75. The van der Waals surface area contributed by atoms with E-state index in [2.05, 4.69) is 22.9 Å². The van der Waals surface area contributed by atoms with Gasteiger partial charge in [0, 0.05) is 10.0 Å². The van der Waals surface area contributed by atoms with Crippen LogP contribution in [0.5, 0.6) is 5.75 Å². The van der Waals surface area contributed by atoms with Crippen LogP contribution in [0.1, 0.15) is 36.5 Å². The van der Waals surface area contributed by atoms with Gasteiger partial charge >= 0.3 is 0 Å². The van der Waals surface area contributed by atoms with Crippen LogP contribution < -0.4 is 9.64 Å². The summed E-state index contributed by atoms with van der Waals surface area (Å²) in [6.07, 6.45) is 2.46. The Bertz CT molecular complexity index is 956. The van der Waals surface area contributed by atoms with E-state index in [9.17, 15) is 14.4 Å². The van der Waals surface area contributed by atoms with Crippen LogP contribution in [0.15, 0.2) is 53.0 Å². The molecule has 150 valence electrons. The van der Waals surface area contributed by atoms with Crippen molar-refractivity contribution in [2.45, 2.75) is 26.2 Å². The predicted octanol–water partition coefficient (Wildman–Crippen LogP) is 4.64. The number of ether oxygens (including phenoxy) is 1. The maximum absolute atomic E-state index is 13.0. The van der Waals surface area contributed by atoms with Crippen molar-refractivity contribution in [2.24, 2.45) is 17.8 Å². The van der Waals surface area contributed by atoms with Gasteiger partial charge in [-0.05, 0) is 49.4 Å². The van der Waals surface area contributed by atoms with E-state index < -0.39 is 0 Å². The summed E-state index contributed by atoms with van der Waals surface area (Å²) in [6.45, 7) is 1.96. The summed E-state index contributed by atoms with van der Waals surface area (Å²) in [4.78, 5) is 39.7. The lowest BCUT2D eigenvalue weighted by molar-refractivity contribution is -0.122. The molecule has 0 unspecified atom stereocenters. The van der Waals surface area contributed by atoms with Crippen molar-refractivity contribution < 1.29 is 19.1 Å². The Labute approximate surface area is 178 Å². The molecule has 0 spiro atoms. The molecule has 2 aromatic rings. The van der Waals surface area contributed by atoms with Crippen molar-refractivity contribution >= 4 is 39.2 Å². The van der Waals surface area contributed by atoms with Crippen LogP contribution in [0.3, 0.4) is 0 Å². The molecule has 1 aliphatic heterocycles. The summed E-state index contributed by atoms with van der Waals surface area (Å²) in [5, 5.41) is 0. The monoisotopic (exact) mass is 455 g/mol. The van der Waals surface area contributed by atoms with Crippen molar-refractivity contribution in [3.8, 4) is 5.75 Å². The minimum atomic E-state index is -0.247. The molecule has 0 radical (unpaired) electrons. The van der Waals surface area contributed by atoms with E-state index in [-0.39, 0.29) is 36.0 Å². The fourth-order valence-corrected chi connectivity index (χ4v) is 4.52. The Kier molecular flexibility index (Phi) is 5.54. The molecular weight excluding hydrogens is 434 g/mol. The number of fused-ring (bicyclic) bond motifs is 1. The first-order valence-electron chi connectivity index (χ1n) is 9.84. The lowest BCUT2D eigenvalue weighted by Gasteiger charge is -2.25. The molecule has 29 heavy (non-hydrogen) atoms. The summed E-state index contributed by atoms with van der Waals surface area (Å²) >= 11 is 3.35. The highest BCUT2D eigenvalue weighted by atomic mass is 79.9. The molecule has 0 N–H and O–H groups in total. The smallest absolute Gasteiger partial charge is 0.237 e. The molecule has 2 fully saturated rings. The van der Waals surface area contributed by atoms with Crippen LogP contribution in [0.2, 0.25) is 0 Å². The number of halogens is 1. The average molecular weight is 456 g/mol. The Morgan fingerprint density at radius 1 is 1.03 bits per heavy atom. The van der Waals surface area contributed by atoms with E-state index in [1.807, 2.05) is 0 Å². The van der Waals surface area contributed by atoms with E-state index in [1.54, 1.807) is 48.5 Å². The van der Waals surface area contributed by atoms with Crippen molar-refractivity contribution in [3.05, 3.63) is 58.6 Å². The average Bonchev–Trinajstić information content (AvgIpc) is 2.96. The largest absolute Gasteiger partial charge is 0.483 e. The van der Waals surface area contributed by atoms with Crippen LogP contribution in [0.25, 0.3) is 0 Å². The Balaban J connectivity index is 1.54. The second kappa shape index (κ2) is 8.11. The van der Waals surface area contributed by atoms with Crippen LogP contribution in [-0.2, 0) is 9.59 Å². The third kappa shape index (κ3) is 3.86. The summed E-state index contributed by atoms with van der Waals surface area (Å²) in [7, 11) is 0. The second-order valence-electron chi connectivity index (χ2n) is 7.83. The van der Waals surface area contributed by atoms with Gasteiger partial charge in [0.05, 0.1) is 17.5 Å². The number of anilines is 1. The van der Waals surface area contributed by atoms with Gasteiger partial charge in [-0.1, -0.05) is 47.1 Å². The number of hydrogen-bond donors (Lipinski definition) is 0. The predicted molar refractivity (Wildman–Crippen MR) is 113 cm³/mol. The van der Waals surface area contributed by atoms with Crippen LogP contribution in [-0.4, -0.2) is 24.2 Å². The summed E-state index contributed by atoms with van der Waals surface area (Å²) in [6, 6.07) is 14.0. The number of hydrogen-bond acceptors (Lipinski definition) is 4. The molecule has 0 bridgehead atoms. The molecule has 1 saturated carbocycles. The molecular formula is C23H22BrNO4. The van der Waals surface area contributed by atoms with Crippen molar-refractivity contribution in [3.63, 3.8) is 0 Å². The number of carbonyl (C=O) groups excluding carboxylic acids is 3. The number of para-hydroxylation sites is 2. The molecule has 6 heteroatoms. The van der Waals surface area contributed by atoms with Gasteiger partial charge in [0.25, 0.3) is 0 Å². The highest BCUT2D eigenvalue weighted by molar-refractivity contribution is 9.10. The zero-order valence-corrected chi connectivity index (χ0v) is 17.7. The molecule has 1 saturated heterocycles. The quantitative estimate of drug-likeness (QED) is 0.486. The van der Waals surface area contributed by atoms with Gasteiger partial charge in [-0.2, -0.15) is 0 Å². The fraction of sp³-hybridized carbons (Fsp3) is 0.348. The zero-order valence-electron chi connectivity index (χ0n) is 16.1. The lowest BCUT2D eigenvalue weighted by Crippen LogP contribution is -2.31. The van der Waals surface area contributed by atoms with E-state index in [4.69, 9.17) is 4.74 Å². The minimum Gasteiger partial charge on any atom is -0.483 e. The molecule has 1 aliphatic carbocycles. The van der Waals surface area contributed by atoms with Gasteiger partial charge in [0.1, 0.15) is 5.75 Å². The van der Waals surface area contributed by atoms with Crippen molar-refractivity contribution in [1.29, 1.82) is 0 Å². The molecule has 1 heterocycles. The van der Waals surface area contributed by atoms with Gasteiger partial charge in [-0.15, -0.1) is 0 Å². The maximum Gasteiger partial charge on any atom is 0.237 e. The highest BCUT2D eigenvalue weighted by Crippen LogP contribution is 2.44. The number of rotatable bonds is 5. The van der Waals surface area contributed by atoms with Crippen LogP contribution in [0.4, 0.5) is 5.69 Å². The van der Waals surface area contributed by atoms with E-state index in [1.165, 1.54) is 4.90 Å². The first-order chi connectivity index (χ1) is 14.0. The van der Waals surface area contributed by atoms with Crippen LogP contribution in [0, 0.1) is 17.8 Å². The first-order valence-corrected chi connectivity index (χ1v) is 10.6. The Morgan fingerprint density at radius 3 is 2.48 bits per heavy atom. The molecule has 2 aromatic carbocycles. The topological polar surface area (TPSA) is 63.7 Å². The molecule has 4 rings (SSSR count). The Hall–Kier alpha value is -2.47. The first kappa shape index (κ1) is 19.8. The van der Waals surface area contributed by atoms with E-state index in [0.717, 1.165) is 23.7 Å². The van der Waals surface area contributed by atoms with E-state index >= 15 is 0 Å². The minimum absolute atomic E-state index is 0.151. The summed E-state index contributed by atoms with van der Waals surface area (Å²) in [5.74, 6) is -0.146. The van der Waals surface area contributed by atoms with Crippen LogP contribution >= 0.6 is 15.9 Å². The maximum atomic E-state index is 13.0. The molecule has 3 atom stereocenters. The van der Waals surface area contributed by atoms with Crippen molar-refractivity contribution in [1.82, 2.24) is 0 Å². The molecule has 0 aromatic heterocycles. The zero-order chi connectivity index (χ0) is 20.5. The molecule has 2 aliphatic rings. The third-order valence-electron chi connectivity index (χ3n) is 5.82. The summed E-state index contributed by atoms with van der Waals surface area (Å²) in [5.41, 5.74) is 0.965. The number of amides is 2. The number of ketones is 1. The van der Waals surface area contributed by atoms with Gasteiger partial charge < -0.3 is 4.74 Å². The molecule has 5 nitrogen and oxygen atoms in total. The third-order valence-corrected chi connectivity index (χ3v) is 6.35. The SMILES string of the molecule is C[C@@H]1CC[C@H]2C(=O)N(c3ccccc3OCC(=O)c3ccc(Br)cc3)C(=O)[C@@H]2C1. The fourth-order valence-electron chi connectivity index (χ4n) is 4.25. The number of imide groups is 1. The number of carbonyl (C=O) groups is 3. The van der Waals surface area contributed by atoms with E-state index in [0.29, 0.717) is 22.9 Å². The normalized spacial score (nSPS) is 23.8. The van der Waals surface area contributed by atoms with Gasteiger partial charge in [0.2, 0.25) is 11.8 Å². The van der Waals surface area contributed by atoms with Gasteiger partial charge in [-0.25, -0.2) is 4.90 Å². The van der Waals surface area contributed by atoms with Crippen molar-refractivity contribution in [2.75, 3.05) is 11.5 Å². The Morgan fingerprint density at radius 2 is 1.72 bits per heavy atom. The number of Topliss-reactive ketones (excluding diaryl/α,β-unsaturated/α-hetero) is 1. The van der Waals surface area contributed by atoms with Gasteiger partial charge in [-0.3, -0.25) is 14.4 Å². The summed E-state index contributed by atoms with van der Waals surface area (Å²) < 4.78 is 6.65. The standard InChI is InChI=1S/C23H22BrNO4/c1-14-6-11-17-18(12-14)23(28)25(22(17)27)19-4-2-3-5-21(19)29-13-20(26)15-7-9-16(24)10-8-15/h2-5,7-10,14,17-18H,6,11-13H2,1H3/t14-,17-,18-/m1/s1. The lowest BCUT2D eigenvalue weighted by atomic mass is 9.76. The number of benzene rings is 2.